The van der Waals surface area contributed by atoms with Crippen molar-refractivity contribution in [2.75, 3.05) is 13.1 Å². The Balaban J connectivity index is 1.66. The predicted octanol–water partition coefficient (Wildman–Crippen LogP) is 4.30. The SMILES string of the molecule is NC1CCN(Cc2ccc(-c3ccc(C(F)(F)F)cc3)cc2)CC1. The van der Waals surface area contributed by atoms with Crippen molar-refractivity contribution >= 4 is 0 Å². The highest BCUT2D eigenvalue weighted by molar-refractivity contribution is 5.64. The van der Waals surface area contributed by atoms with E-state index in [-0.39, 0.29) is 0 Å². The molecule has 0 bridgehead atoms. The second kappa shape index (κ2) is 6.95. The monoisotopic (exact) mass is 334 g/mol. The first-order valence-electron chi connectivity index (χ1n) is 8.16. The molecule has 1 aliphatic rings. The molecule has 2 N–H and O–H groups in total. The lowest BCUT2D eigenvalue weighted by Crippen LogP contribution is -2.39. The Labute approximate surface area is 140 Å². The Morgan fingerprint density at radius 1 is 0.875 bits per heavy atom. The highest BCUT2D eigenvalue weighted by Crippen LogP contribution is 2.31. The molecule has 3 rings (SSSR count). The standard InChI is InChI=1S/C19H21F3N2/c20-19(21,22)17-7-5-16(6-8-17)15-3-1-14(2-4-15)13-24-11-9-18(23)10-12-24/h1-8,18H,9-13,23H2. The number of benzene rings is 2. The van der Waals surface area contributed by atoms with Crippen molar-refractivity contribution in [3.8, 4) is 11.1 Å². The predicted molar refractivity (Wildman–Crippen MR) is 89.4 cm³/mol. The second-order valence-corrected chi connectivity index (χ2v) is 6.39. The minimum atomic E-state index is -4.29. The van der Waals surface area contributed by atoms with Crippen LogP contribution in [0.5, 0.6) is 0 Å². The third kappa shape index (κ3) is 4.16. The van der Waals surface area contributed by atoms with Crippen LogP contribution in [0.2, 0.25) is 0 Å². The van der Waals surface area contributed by atoms with Crippen LogP contribution in [-0.2, 0) is 12.7 Å². The van der Waals surface area contributed by atoms with Gasteiger partial charge in [0.05, 0.1) is 5.56 Å². The topological polar surface area (TPSA) is 29.3 Å². The zero-order valence-electron chi connectivity index (χ0n) is 13.4. The Bertz CT molecular complexity index is 655. The van der Waals surface area contributed by atoms with Gasteiger partial charge in [0.1, 0.15) is 0 Å². The number of halogens is 3. The highest BCUT2D eigenvalue weighted by atomic mass is 19.4. The summed E-state index contributed by atoms with van der Waals surface area (Å²) in [6.45, 7) is 2.92. The third-order valence-corrected chi connectivity index (χ3v) is 4.54. The summed E-state index contributed by atoms with van der Waals surface area (Å²) in [7, 11) is 0. The Kier molecular flexibility index (Phi) is 4.92. The number of hydrogen-bond donors (Lipinski definition) is 1. The lowest BCUT2D eigenvalue weighted by atomic mass is 10.0. The molecule has 5 heteroatoms. The average molecular weight is 334 g/mol. The number of nitrogens with two attached hydrogens (primary N) is 1. The van der Waals surface area contributed by atoms with Crippen LogP contribution in [0.15, 0.2) is 48.5 Å². The van der Waals surface area contributed by atoms with Crippen LogP contribution in [0.25, 0.3) is 11.1 Å². The van der Waals surface area contributed by atoms with E-state index >= 15 is 0 Å². The molecule has 0 aliphatic carbocycles. The number of nitrogens with zero attached hydrogens (tertiary/aromatic N) is 1. The van der Waals surface area contributed by atoms with Crippen molar-refractivity contribution in [2.45, 2.75) is 31.6 Å². The van der Waals surface area contributed by atoms with Gasteiger partial charge in [0.25, 0.3) is 0 Å². The molecular weight excluding hydrogens is 313 g/mol. The van der Waals surface area contributed by atoms with E-state index in [1.165, 1.54) is 17.7 Å². The summed E-state index contributed by atoms with van der Waals surface area (Å²) in [4.78, 5) is 2.39. The molecule has 0 spiro atoms. The Hall–Kier alpha value is -1.85. The van der Waals surface area contributed by atoms with Crippen molar-refractivity contribution in [1.29, 1.82) is 0 Å². The molecule has 1 aliphatic heterocycles. The second-order valence-electron chi connectivity index (χ2n) is 6.39. The van der Waals surface area contributed by atoms with E-state index in [4.69, 9.17) is 5.73 Å². The van der Waals surface area contributed by atoms with Gasteiger partial charge in [-0.3, -0.25) is 4.90 Å². The summed E-state index contributed by atoms with van der Waals surface area (Å²) in [5.74, 6) is 0. The van der Waals surface area contributed by atoms with Crippen molar-refractivity contribution in [1.82, 2.24) is 4.90 Å². The van der Waals surface area contributed by atoms with E-state index in [0.29, 0.717) is 6.04 Å². The third-order valence-electron chi connectivity index (χ3n) is 4.54. The fourth-order valence-corrected chi connectivity index (χ4v) is 3.02. The summed E-state index contributed by atoms with van der Waals surface area (Å²) < 4.78 is 37.8. The minimum absolute atomic E-state index is 0.322. The van der Waals surface area contributed by atoms with Gasteiger partial charge < -0.3 is 5.73 Å². The van der Waals surface area contributed by atoms with Gasteiger partial charge in [-0.25, -0.2) is 0 Å². The fourth-order valence-electron chi connectivity index (χ4n) is 3.02. The number of alkyl halides is 3. The van der Waals surface area contributed by atoms with Crippen molar-refractivity contribution < 1.29 is 13.2 Å². The maximum Gasteiger partial charge on any atom is 0.416 e. The molecule has 1 fully saturated rings. The van der Waals surface area contributed by atoms with E-state index in [9.17, 15) is 13.2 Å². The summed E-state index contributed by atoms with van der Waals surface area (Å²) in [5.41, 5.74) is 8.22. The first-order valence-corrected chi connectivity index (χ1v) is 8.16. The van der Waals surface area contributed by atoms with Gasteiger partial charge in [-0.1, -0.05) is 36.4 Å². The maximum atomic E-state index is 12.6. The van der Waals surface area contributed by atoms with Gasteiger partial charge >= 0.3 is 6.18 Å². The summed E-state index contributed by atoms with van der Waals surface area (Å²) in [5, 5.41) is 0. The van der Waals surface area contributed by atoms with Gasteiger partial charge in [-0.2, -0.15) is 13.2 Å². The lowest BCUT2D eigenvalue weighted by Gasteiger charge is -2.30. The van der Waals surface area contributed by atoms with Crippen LogP contribution in [-0.4, -0.2) is 24.0 Å². The molecule has 0 unspecified atom stereocenters. The smallest absolute Gasteiger partial charge is 0.328 e. The number of hydrogen-bond acceptors (Lipinski definition) is 2. The summed E-state index contributed by atoms with van der Waals surface area (Å²) in [6.07, 6.45) is -2.23. The molecule has 1 heterocycles. The molecule has 0 radical (unpaired) electrons. The van der Waals surface area contributed by atoms with Crippen LogP contribution >= 0.6 is 0 Å². The van der Waals surface area contributed by atoms with Gasteiger partial charge in [-0.15, -0.1) is 0 Å². The van der Waals surface area contributed by atoms with Gasteiger partial charge in [0.15, 0.2) is 0 Å². The minimum Gasteiger partial charge on any atom is -0.328 e. The Morgan fingerprint density at radius 2 is 1.38 bits per heavy atom. The normalized spacial score (nSPS) is 17.2. The molecule has 0 aromatic heterocycles. The number of likely N-dealkylation sites (tertiary alicyclic amines) is 1. The van der Waals surface area contributed by atoms with Crippen LogP contribution in [0, 0.1) is 0 Å². The summed E-state index contributed by atoms with van der Waals surface area (Å²) >= 11 is 0. The van der Waals surface area contributed by atoms with Crippen LogP contribution in [0.1, 0.15) is 24.0 Å². The Morgan fingerprint density at radius 3 is 1.88 bits per heavy atom. The molecule has 1 saturated heterocycles. The van der Waals surface area contributed by atoms with E-state index in [2.05, 4.69) is 4.90 Å². The lowest BCUT2D eigenvalue weighted by molar-refractivity contribution is -0.137. The van der Waals surface area contributed by atoms with E-state index < -0.39 is 11.7 Å². The van der Waals surface area contributed by atoms with Crippen LogP contribution in [0.3, 0.4) is 0 Å². The fraction of sp³-hybridized carbons (Fsp3) is 0.368. The molecular formula is C19H21F3N2. The van der Waals surface area contributed by atoms with Crippen LogP contribution in [0.4, 0.5) is 13.2 Å². The van der Waals surface area contributed by atoms with Crippen LogP contribution < -0.4 is 5.73 Å². The molecule has 2 aromatic rings. The highest BCUT2D eigenvalue weighted by Gasteiger charge is 2.29. The van der Waals surface area contributed by atoms with Gasteiger partial charge in [0.2, 0.25) is 0 Å². The molecule has 2 aromatic carbocycles. The molecule has 2 nitrogen and oxygen atoms in total. The van der Waals surface area contributed by atoms with E-state index in [1.807, 2.05) is 24.3 Å². The number of piperidine rings is 1. The van der Waals surface area contributed by atoms with Crippen molar-refractivity contribution in [2.24, 2.45) is 5.73 Å². The zero-order chi connectivity index (χ0) is 17.2. The average Bonchev–Trinajstić information content (AvgIpc) is 2.57. The van der Waals surface area contributed by atoms with Gasteiger partial charge in [-0.05, 0) is 54.8 Å². The van der Waals surface area contributed by atoms with Crippen molar-refractivity contribution in [3.05, 3.63) is 59.7 Å². The molecule has 0 atom stereocenters. The quantitative estimate of drug-likeness (QED) is 0.907. The van der Waals surface area contributed by atoms with Gasteiger partial charge in [0, 0.05) is 12.6 Å². The largest absolute Gasteiger partial charge is 0.416 e. The van der Waals surface area contributed by atoms with E-state index in [0.717, 1.165) is 55.7 Å². The maximum absolute atomic E-state index is 12.6. The number of rotatable bonds is 3. The molecule has 128 valence electrons. The summed E-state index contributed by atoms with van der Waals surface area (Å²) in [6, 6.07) is 13.6. The zero-order valence-corrected chi connectivity index (χ0v) is 13.4. The van der Waals surface area contributed by atoms with Crippen molar-refractivity contribution in [3.63, 3.8) is 0 Å². The molecule has 0 saturated carbocycles. The molecule has 0 amide bonds. The first kappa shape index (κ1) is 17.0. The van der Waals surface area contributed by atoms with E-state index in [1.54, 1.807) is 0 Å². The molecule has 24 heavy (non-hydrogen) atoms. The first-order chi connectivity index (χ1) is 11.4.